The zero-order valence-corrected chi connectivity index (χ0v) is 8.81. The van der Waals surface area contributed by atoms with E-state index >= 15 is 0 Å². The minimum atomic E-state index is 0.860. The number of hydrogen-bond acceptors (Lipinski definition) is 0. The van der Waals surface area contributed by atoms with Crippen LogP contribution in [0.25, 0.3) is 0 Å². The fourth-order valence-electron chi connectivity index (χ4n) is 1.53. The summed E-state index contributed by atoms with van der Waals surface area (Å²) in [6.07, 6.45) is 10.4. The highest BCUT2D eigenvalue weighted by Gasteiger charge is 1.99. The van der Waals surface area contributed by atoms with Crippen molar-refractivity contribution < 1.29 is 0 Å². The van der Waals surface area contributed by atoms with Gasteiger partial charge in [-0.15, -0.1) is 0 Å². The third-order valence-corrected chi connectivity index (χ3v) is 2.45. The third-order valence-electron chi connectivity index (χ3n) is 2.45. The molecular weight excluding hydrogens is 143 g/mol. The molecule has 1 atom stereocenters. The van der Waals surface area contributed by atoms with Gasteiger partial charge in [0.1, 0.15) is 0 Å². The van der Waals surface area contributed by atoms with Gasteiger partial charge in [-0.25, -0.2) is 0 Å². The highest BCUT2D eigenvalue weighted by atomic mass is 14.1. The molecule has 0 aliphatic rings. The summed E-state index contributed by atoms with van der Waals surface area (Å²) >= 11 is 0. The Labute approximate surface area is 79.5 Å². The van der Waals surface area contributed by atoms with Crippen LogP contribution in [-0.4, -0.2) is 7.85 Å². The molecule has 0 amide bonds. The average molecular weight is 166 g/mol. The minimum absolute atomic E-state index is 0.860. The molecule has 0 bridgehead atoms. The molecule has 12 heavy (non-hydrogen) atoms. The summed E-state index contributed by atoms with van der Waals surface area (Å²) in [5.41, 5.74) is 0. The van der Waals surface area contributed by atoms with Gasteiger partial charge in [0.15, 0.2) is 0 Å². The summed E-state index contributed by atoms with van der Waals surface area (Å²) in [5, 5.41) is 0. The predicted molar refractivity (Wildman–Crippen MR) is 57.7 cm³/mol. The SMILES string of the molecule is [B]CCCC(C)CCCCCC. The molecule has 0 N–H and O–H groups in total. The van der Waals surface area contributed by atoms with Crippen LogP contribution in [0.2, 0.25) is 6.32 Å². The molecule has 0 spiro atoms. The van der Waals surface area contributed by atoms with E-state index in [-0.39, 0.29) is 0 Å². The smallest absolute Gasteiger partial charge is 0.0653 e. The maximum atomic E-state index is 5.45. The van der Waals surface area contributed by atoms with Gasteiger partial charge >= 0.3 is 0 Å². The maximum Gasteiger partial charge on any atom is 0.0653 e. The van der Waals surface area contributed by atoms with Crippen molar-refractivity contribution >= 4 is 7.85 Å². The largest absolute Gasteiger partial charge is 0.0887 e. The fraction of sp³-hybridized carbons (Fsp3) is 1.00. The Morgan fingerprint density at radius 3 is 2.25 bits per heavy atom. The quantitative estimate of drug-likeness (QED) is 0.378. The number of unbranched alkanes of at least 4 members (excludes halogenated alkanes) is 3. The molecular formula is C11H23B. The van der Waals surface area contributed by atoms with Crippen LogP contribution in [0.4, 0.5) is 0 Å². The molecule has 0 rings (SSSR count). The Morgan fingerprint density at radius 2 is 1.67 bits per heavy atom. The van der Waals surface area contributed by atoms with Crippen LogP contribution >= 0.6 is 0 Å². The van der Waals surface area contributed by atoms with E-state index in [1.165, 1.54) is 44.9 Å². The lowest BCUT2D eigenvalue weighted by Gasteiger charge is -2.09. The highest BCUT2D eigenvalue weighted by Crippen LogP contribution is 2.15. The van der Waals surface area contributed by atoms with Crippen LogP contribution in [0, 0.1) is 5.92 Å². The van der Waals surface area contributed by atoms with E-state index in [0.29, 0.717) is 0 Å². The van der Waals surface area contributed by atoms with Gasteiger partial charge in [-0.3, -0.25) is 0 Å². The zero-order chi connectivity index (χ0) is 9.23. The predicted octanol–water partition coefficient (Wildman–Crippen LogP) is 3.96. The standard InChI is InChI=1S/C11H23B/c1-3-4-5-6-8-11(2)9-7-10-12/h11H,3-10H2,1-2H3. The van der Waals surface area contributed by atoms with Crippen LogP contribution in [-0.2, 0) is 0 Å². The van der Waals surface area contributed by atoms with Crippen molar-refractivity contribution in [2.75, 3.05) is 0 Å². The van der Waals surface area contributed by atoms with Crippen molar-refractivity contribution in [3.05, 3.63) is 0 Å². The van der Waals surface area contributed by atoms with Gasteiger partial charge in [0.05, 0.1) is 7.85 Å². The van der Waals surface area contributed by atoms with E-state index in [2.05, 4.69) is 13.8 Å². The van der Waals surface area contributed by atoms with E-state index in [0.717, 1.165) is 12.2 Å². The van der Waals surface area contributed by atoms with Crippen molar-refractivity contribution in [1.29, 1.82) is 0 Å². The number of hydrogen-bond donors (Lipinski definition) is 0. The van der Waals surface area contributed by atoms with Gasteiger partial charge in [0.2, 0.25) is 0 Å². The molecule has 2 radical (unpaired) electrons. The first-order chi connectivity index (χ1) is 5.81. The van der Waals surface area contributed by atoms with Crippen LogP contribution in [0.5, 0.6) is 0 Å². The summed E-state index contributed by atoms with van der Waals surface area (Å²) in [6, 6.07) is 0. The van der Waals surface area contributed by atoms with E-state index in [4.69, 9.17) is 7.85 Å². The molecule has 0 heterocycles. The van der Waals surface area contributed by atoms with Crippen LogP contribution < -0.4 is 0 Å². The lowest BCUT2D eigenvalue weighted by atomic mass is 9.92. The molecule has 0 aliphatic heterocycles. The highest BCUT2D eigenvalue weighted by molar-refractivity contribution is 6.08. The van der Waals surface area contributed by atoms with Gasteiger partial charge in [0, 0.05) is 0 Å². The fourth-order valence-corrected chi connectivity index (χ4v) is 1.53. The first-order valence-corrected chi connectivity index (χ1v) is 5.51. The normalized spacial score (nSPS) is 13.2. The van der Waals surface area contributed by atoms with Crippen molar-refractivity contribution in [2.45, 2.75) is 65.1 Å². The molecule has 0 nitrogen and oxygen atoms in total. The Morgan fingerprint density at radius 1 is 1.00 bits per heavy atom. The molecule has 0 saturated carbocycles. The Bertz CT molecular complexity index is 81.1. The summed E-state index contributed by atoms with van der Waals surface area (Å²) < 4.78 is 0. The molecule has 0 fully saturated rings. The minimum Gasteiger partial charge on any atom is -0.0887 e. The van der Waals surface area contributed by atoms with Crippen LogP contribution in [0.1, 0.15) is 58.8 Å². The van der Waals surface area contributed by atoms with Crippen LogP contribution in [0.3, 0.4) is 0 Å². The summed E-state index contributed by atoms with van der Waals surface area (Å²) in [7, 11) is 5.45. The topological polar surface area (TPSA) is 0 Å². The first kappa shape index (κ1) is 12.1. The Kier molecular flexibility index (Phi) is 9.20. The summed E-state index contributed by atoms with van der Waals surface area (Å²) in [6.45, 7) is 4.61. The molecule has 0 aliphatic carbocycles. The second-order valence-electron chi connectivity index (χ2n) is 3.89. The van der Waals surface area contributed by atoms with Gasteiger partial charge in [-0.05, 0) is 5.92 Å². The Balaban J connectivity index is 3.02. The maximum absolute atomic E-state index is 5.45. The van der Waals surface area contributed by atoms with Gasteiger partial charge < -0.3 is 0 Å². The van der Waals surface area contributed by atoms with Gasteiger partial charge in [0.25, 0.3) is 0 Å². The molecule has 0 aromatic rings. The summed E-state index contributed by atoms with van der Waals surface area (Å²) in [5.74, 6) is 0.894. The number of rotatable bonds is 8. The van der Waals surface area contributed by atoms with E-state index in [9.17, 15) is 0 Å². The monoisotopic (exact) mass is 166 g/mol. The lowest BCUT2D eigenvalue weighted by molar-refractivity contribution is 0.455. The van der Waals surface area contributed by atoms with Crippen molar-refractivity contribution in [3.63, 3.8) is 0 Å². The molecule has 0 aromatic heterocycles. The van der Waals surface area contributed by atoms with Crippen molar-refractivity contribution in [1.82, 2.24) is 0 Å². The van der Waals surface area contributed by atoms with E-state index in [1.807, 2.05) is 0 Å². The summed E-state index contributed by atoms with van der Waals surface area (Å²) in [4.78, 5) is 0. The molecule has 0 aromatic carbocycles. The van der Waals surface area contributed by atoms with Crippen molar-refractivity contribution in [2.24, 2.45) is 5.92 Å². The molecule has 1 heteroatoms. The second-order valence-corrected chi connectivity index (χ2v) is 3.89. The molecule has 1 unspecified atom stereocenters. The molecule has 0 saturated heterocycles. The molecule has 70 valence electrons. The lowest BCUT2D eigenvalue weighted by Crippen LogP contribution is -1.94. The van der Waals surface area contributed by atoms with Crippen molar-refractivity contribution in [3.8, 4) is 0 Å². The van der Waals surface area contributed by atoms with E-state index < -0.39 is 0 Å². The van der Waals surface area contributed by atoms with E-state index in [1.54, 1.807) is 0 Å². The van der Waals surface area contributed by atoms with Gasteiger partial charge in [-0.1, -0.05) is 65.1 Å². The third kappa shape index (κ3) is 8.16. The second kappa shape index (κ2) is 9.16. The average Bonchev–Trinajstić information content (AvgIpc) is 2.09. The Hall–Kier alpha value is 0.0649. The van der Waals surface area contributed by atoms with Crippen LogP contribution in [0.15, 0.2) is 0 Å². The zero-order valence-electron chi connectivity index (χ0n) is 8.81. The van der Waals surface area contributed by atoms with Gasteiger partial charge in [-0.2, -0.15) is 0 Å². The first-order valence-electron chi connectivity index (χ1n) is 5.51.